The first kappa shape index (κ1) is 16.7. The zero-order valence-electron chi connectivity index (χ0n) is 13.8. The second kappa shape index (κ2) is 7.63. The van der Waals surface area contributed by atoms with Gasteiger partial charge in [0.2, 0.25) is 5.88 Å². The molecule has 2 aromatic rings. The summed E-state index contributed by atoms with van der Waals surface area (Å²) in [5.41, 5.74) is 1.91. The van der Waals surface area contributed by atoms with E-state index < -0.39 is 0 Å². The maximum atomic E-state index is 12.5. The topological polar surface area (TPSA) is 63.7 Å². The number of thiophene rings is 1. The molecule has 24 heavy (non-hydrogen) atoms. The van der Waals surface area contributed by atoms with Gasteiger partial charge >= 0.3 is 6.03 Å². The molecule has 0 aliphatic carbocycles. The van der Waals surface area contributed by atoms with E-state index in [9.17, 15) is 4.79 Å². The van der Waals surface area contributed by atoms with E-state index in [4.69, 9.17) is 9.47 Å². The SMILES string of the molecule is COCCOc1ccc(NC(=O)N2CCc3sccc3[C@H]2C)cn1. The maximum Gasteiger partial charge on any atom is 0.322 e. The van der Waals surface area contributed by atoms with Gasteiger partial charge in [-0.25, -0.2) is 9.78 Å². The van der Waals surface area contributed by atoms with Crippen LogP contribution in [0, 0.1) is 0 Å². The molecule has 7 heteroatoms. The van der Waals surface area contributed by atoms with Gasteiger partial charge in [0.1, 0.15) is 6.61 Å². The molecule has 1 aliphatic heterocycles. The first-order chi connectivity index (χ1) is 11.7. The number of rotatable bonds is 5. The van der Waals surface area contributed by atoms with E-state index in [1.165, 1.54) is 10.4 Å². The van der Waals surface area contributed by atoms with Crippen molar-refractivity contribution in [3.05, 3.63) is 40.2 Å². The number of aromatic nitrogens is 1. The summed E-state index contributed by atoms with van der Waals surface area (Å²) >= 11 is 1.77. The average molecular weight is 347 g/mol. The first-order valence-electron chi connectivity index (χ1n) is 7.90. The van der Waals surface area contributed by atoms with Gasteiger partial charge in [-0.15, -0.1) is 11.3 Å². The van der Waals surface area contributed by atoms with E-state index >= 15 is 0 Å². The Labute approximate surface area is 145 Å². The van der Waals surface area contributed by atoms with Gasteiger partial charge in [-0.1, -0.05) is 0 Å². The molecule has 0 bridgehead atoms. The number of methoxy groups -OCH3 is 1. The lowest BCUT2D eigenvalue weighted by molar-refractivity contribution is 0.144. The van der Waals surface area contributed by atoms with Crippen LogP contribution < -0.4 is 10.1 Å². The number of urea groups is 1. The quantitative estimate of drug-likeness (QED) is 0.843. The highest BCUT2D eigenvalue weighted by Gasteiger charge is 2.28. The van der Waals surface area contributed by atoms with Crippen molar-refractivity contribution in [2.45, 2.75) is 19.4 Å². The number of carbonyl (C=O) groups is 1. The molecule has 3 rings (SSSR count). The fourth-order valence-electron chi connectivity index (χ4n) is 2.75. The number of hydrogen-bond donors (Lipinski definition) is 1. The zero-order valence-corrected chi connectivity index (χ0v) is 14.6. The van der Waals surface area contributed by atoms with Crippen LogP contribution in [0.4, 0.5) is 10.5 Å². The van der Waals surface area contributed by atoms with E-state index in [0.717, 1.165) is 13.0 Å². The number of anilines is 1. The van der Waals surface area contributed by atoms with Gasteiger partial charge in [-0.3, -0.25) is 0 Å². The molecule has 2 amide bonds. The minimum absolute atomic E-state index is 0.0876. The summed E-state index contributed by atoms with van der Waals surface area (Å²) < 4.78 is 10.3. The molecule has 0 unspecified atom stereocenters. The standard InChI is InChI=1S/C17H21N3O3S/c1-12-14-6-10-24-15(14)5-7-20(12)17(21)19-13-3-4-16(18-11-13)23-9-8-22-2/h3-4,6,10-12H,5,7-9H2,1-2H3,(H,19,21)/t12-/m1/s1. The lowest BCUT2D eigenvalue weighted by Gasteiger charge is -2.33. The summed E-state index contributed by atoms with van der Waals surface area (Å²) in [6.07, 6.45) is 2.51. The average Bonchev–Trinajstić information content (AvgIpc) is 3.06. The Hall–Kier alpha value is -2.12. The number of pyridine rings is 1. The summed E-state index contributed by atoms with van der Waals surface area (Å²) in [7, 11) is 1.62. The third kappa shape index (κ3) is 3.68. The summed E-state index contributed by atoms with van der Waals surface area (Å²) in [6, 6.07) is 5.62. The number of fused-ring (bicyclic) bond motifs is 1. The van der Waals surface area contributed by atoms with Crippen molar-refractivity contribution in [2.24, 2.45) is 0 Å². The monoisotopic (exact) mass is 347 g/mol. The van der Waals surface area contributed by atoms with Gasteiger partial charge in [0.05, 0.1) is 24.5 Å². The van der Waals surface area contributed by atoms with Gasteiger partial charge in [-0.05, 0) is 36.4 Å². The Morgan fingerprint density at radius 2 is 2.29 bits per heavy atom. The lowest BCUT2D eigenvalue weighted by Crippen LogP contribution is -2.40. The van der Waals surface area contributed by atoms with E-state index in [1.54, 1.807) is 36.8 Å². The van der Waals surface area contributed by atoms with Crippen molar-refractivity contribution in [3.8, 4) is 5.88 Å². The molecule has 2 aromatic heterocycles. The second-order valence-electron chi connectivity index (χ2n) is 5.58. The number of nitrogens with one attached hydrogen (secondary N) is 1. The van der Waals surface area contributed by atoms with Crippen LogP contribution in [0.2, 0.25) is 0 Å². The molecule has 0 radical (unpaired) electrons. The molecular weight excluding hydrogens is 326 g/mol. The molecule has 0 saturated carbocycles. The molecule has 0 aromatic carbocycles. The molecule has 0 fully saturated rings. The third-order valence-corrected chi connectivity index (χ3v) is 5.06. The number of carbonyl (C=O) groups excluding carboxylic acids is 1. The van der Waals surface area contributed by atoms with Crippen LogP contribution in [0.15, 0.2) is 29.8 Å². The highest BCUT2D eigenvalue weighted by molar-refractivity contribution is 7.10. The van der Waals surface area contributed by atoms with Gasteiger partial charge < -0.3 is 19.7 Å². The lowest BCUT2D eigenvalue weighted by atomic mass is 10.0. The summed E-state index contributed by atoms with van der Waals surface area (Å²) in [6.45, 7) is 3.75. The molecule has 1 N–H and O–H groups in total. The Morgan fingerprint density at radius 1 is 1.42 bits per heavy atom. The fourth-order valence-corrected chi connectivity index (χ4v) is 3.71. The van der Waals surface area contributed by atoms with Crippen LogP contribution in [0.1, 0.15) is 23.4 Å². The minimum Gasteiger partial charge on any atom is -0.475 e. The highest BCUT2D eigenvalue weighted by atomic mass is 32.1. The van der Waals surface area contributed by atoms with E-state index in [0.29, 0.717) is 24.8 Å². The van der Waals surface area contributed by atoms with Gasteiger partial charge in [0.15, 0.2) is 0 Å². The minimum atomic E-state index is -0.103. The zero-order chi connectivity index (χ0) is 16.9. The van der Waals surface area contributed by atoms with Crippen LogP contribution in [0.25, 0.3) is 0 Å². The van der Waals surface area contributed by atoms with Crippen LogP contribution in [0.3, 0.4) is 0 Å². The summed E-state index contributed by atoms with van der Waals surface area (Å²) in [5, 5.41) is 5.00. The Bertz CT molecular complexity index is 687. The fraction of sp³-hybridized carbons (Fsp3) is 0.412. The van der Waals surface area contributed by atoms with Crippen molar-refractivity contribution < 1.29 is 14.3 Å². The number of ether oxygens (including phenoxy) is 2. The highest BCUT2D eigenvalue weighted by Crippen LogP contribution is 2.33. The van der Waals surface area contributed by atoms with Gasteiger partial charge in [0.25, 0.3) is 0 Å². The summed E-state index contributed by atoms with van der Waals surface area (Å²) in [5.74, 6) is 0.513. The van der Waals surface area contributed by atoms with Crippen LogP contribution in [0.5, 0.6) is 5.88 Å². The van der Waals surface area contributed by atoms with Crippen LogP contribution in [-0.2, 0) is 11.2 Å². The summed E-state index contributed by atoms with van der Waals surface area (Å²) in [4.78, 5) is 20.0. The molecule has 1 aliphatic rings. The molecule has 128 valence electrons. The molecule has 0 spiro atoms. The van der Waals surface area contributed by atoms with E-state index in [-0.39, 0.29) is 12.1 Å². The van der Waals surface area contributed by atoms with Crippen molar-refractivity contribution in [2.75, 3.05) is 32.2 Å². The smallest absolute Gasteiger partial charge is 0.322 e. The molecule has 3 heterocycles. The van der Waals surface area contributed by atoms with Crippen molar-refractivity contribution >= 4 is 23.1 Å². The number of amides is 2. The number of hydrogen-bond acceptors (Lipinski definition) is 5. The Balaban J connectivity index is 1.59. The second-order valence-corrected chi connectivity index (χ2v) is 6.58. The Morgan fingerprint density at radius 3 is 3.04 bits per heavy atom. The van der Waals surface area contributed by atoms with Crippen molar-refractivity contribution in [3.63, 3.8) is 0 Å². The first-order valence-corrected chi connectivity index (χ1v) is 8.78. The predicted molar refractivity (Wildman–Crippen MR) is 93.8 cm³/mol. The normalized spacial score (nSPS) is 16.6. The van der Waals surface area contributed by atoms with E-state index in [1.807, 2.05) is 4.90 Å². The van der Waals surface area contributed by atoms with Crippen LogP contribution in [-0.4, -0.2) is 42.8 Å². The van der Waals surface area contributed by atoms with Crippen LogP contribution >= 0.6 is 11.3 Å². The molecular formula is C17H21N3O3S. The molecule has 1 atom stereocenters. The number of nitrogens with zero attached hydrogens (tertiary/aromatic N) is 2. The maximum absolute atomic E-state index is 12.5. The largest absolute Gasteiger partial charge is 0.475 e. The van der Waals surface area contributed by atoms with Crippen molar-refractivity contribution in [1.82, 2.24) is 9.88 Å². The predicted octanol–water partition coefficient (Wildman–Crippen LogP) is 3.32. The van der Waals surface area contributed by atoms with Gasteiger partial charge in [0, 0.05) is 24.6 Å². The van der Waals surface area contributed by atoms with E-state index in [2.05, 4.69) is 28.7 Å². The third-order valence-electron chi connectivity index (χ3n) is 4.06. The Kier molecular flexibility index (Phi) is 5.32. The van der Waals surface area contributed by atoms with Crippen molar-refractivity contribution in [1.29, 1.82) is 0 Å². The molecule has 0 saturated heterocycles. The van der Waals surface area contributed by atoms with Gasteiger partial charge in [-0.2, -0.15) is 0 Å². The molecule has 6 nitrogen and oxygen atoms in total.